The normalized spacial score (nSPS) is 20.7. The van der Waals surface area contributed by atoms with Gasteiger partial charge in [-0.3, -0.25) is 0 Å². The number of aromatic nitrogens is 4. The summed E-state index contributed by atoms with van der Waals surface area (Å²) < 4.78 is 1.71. The van der Waals surface area contributed by atoms with Crippen LogP contribution in [-0.2, 0) is 0 Å². The SMILES string of the molecule is Cc1c(Cl)nc2ncnn2c1NC1CCN(C)C1. The first-order valence-electron chi connectivity index (χ1n) is 5.96. The average Bonchev–Trinajstić information content (AvgIpc) is 2.93. The maximum absolute atomic E-state index is 6.12. The van der Waals surface area contributed by atoms with Gasteiger partial charge in [0.1, 0.15) is 17.3 Å². The number of likely N-dealkylation sites (tertiary alicyclic amines) is 1. The van der Waals surface area contributed by atoms with Gasteiger partial charge in [0.15, 0.2) is 0 Å². The third kappa shape index (κ3) is 1.91. The number of hydrogen-bond donors (Lipinski definition) is 1. The van der Waals surface area contributed by atoms with Crippen LogP contribution in [0.15, 0.2) is 6.33 Å². The van der Waals surface area contributed by atoms with Gasteiger partial charge in [-0.1, -0.05) is 11.6 Å². The molecule has 1 aliphatic rings. The minimum absolute atomic E-state index is 0.416. The molecule has 1 N–H and O–H groups in total. The molecule has 0 bridgehead atoms. The number of halogens is 1. The lowest BCUT2D eigenvalue weighted by atomic mass is 10.2. The third-order valence-corrected chi connectivity index (χ3v) is 3.70. The zero-order chi connectivity index (χ0) is 12.7. The predicted octanol–water partition coefficient (Wildman–Crippen LogP) is 1.20. The smallest absolute Gasteiger partial charge is 0.255 e. The number of nitrogens with one attached hydrogen (secondary N) is 1. The number of anilines is 1. The molecule has 3 rings (SSSR count). The first kappa shape index (κ1) is 11.7. The molecule has 1 unspecified atom stereocenters. The average molecular weight is 267 g/mol. The number of hydrogen-bond acceptors (Lipinski definition) is 5. The Kier molecular flexibility index (Phi) is 2.83. The summed E-state index contributed by atoms with van der Waals surface area (Å²) in [7, 11) is 2.12. The highest BCUT2D eigenvalue weighted by Gasteiger charge is 2.22. The van der Waals surface area contributed by atoms with Crippen molar-refractivity contribution >= 4 is 23.2 Å². The van der Waals surface area contributed by atoms with E-state index in [1.54, 1.807) is 4.52 Å². The van der Waals surface area contributed by atoms with Crippen molar-refractivity contribution in [1.82, 2.24) is 24.5 Å². The van der Waals surface area contributed by atoms with Gasteiger partial charge in [-0.05, 0) is 26.9 Å². The van der Waals surface area contributed by atoms with E-state index in [9.17, 15) is 0 Å². The van der Waals surface area contributed by atoms with Crippen LogP contribution >= 0.6 is 11.6 Å². The molecule has 1 fully saturated rings. The molecule has 96 valence electrons. The fourth-order valence-corrected chi connectivity index (χ4v) is 2.48. The first-order valence-corrected chi connectivity index (χ1v) is 6.34. The van der Waals surface area contributed by atoms with E-state index in [1.807, 2.05) is 6.92 Å². The van der Waals surface area contributed by atoms with Crippen molar-refractivity contribution in [2.45, 2.75) is 19.4 Å². The topological polar surface area (TPSA) is 58.4 Å². The molecule has 6 nitrogen and oxygen atoms in total. The summed E-state index contributed by atoms with van der Waals surface area (Å²) in [6.07, 6.45) is 2.61. The van der Waals surface area contributed by atoms with Crippen molar-refractivity contribution in [2.75, 3.05) is 25.5 Å². The fraction of sp³-hybridized carbons (Fsp3) is 0.545. The van der Waals surface area contributed by atoms with Crippen molar-refractivity contribution in [3.63, 3.8) is 0 Å². The standard InChI is InChI=1S/C11H15ClN6/c1-7-9(12)16-11-13-6-14-18(11)10(7)15-8-3-4-17(2)5-8/h6,8,15H,3-5H2,1-2H3. The van der Waals surface area contributed by atoms with Crippen molar-refractivity contribution < 1.29 is 0 Å². The van der Waals surface area contributed by atoms with Gasteiger partial charge in [0.25, 0.3) is 5.78 Å². The molecule has 2 aromatic heterocycles. The summed E-state index contributed by atoms with van der Waals surface area (Å²) >= 11 is 6.12. The summed E-state index contributed by atoms with van der Waals surface area (Å²) in [6, 6.07) is 0.416. The van der Waals surface area contributed by atoms with E-state index in [4.69, 9.17) is 11.6 Å². The van der Waals surface area contributed by atoms with E-state index >= 15 is 0 Å². The van der Waals surface area contributed by atoms with Gasteiger partial charge in [0, 0.05) is 18.2 Å². The van der Waals surface area contributed by atoms with E-state index in [-0.39, 0.29) is 0 Å². The van der Waals surface area contributed by atoms with Gasteiger partial charge >= 0.3 is 0 Å². The van der Waals surface area contributed by atoms with Gasteiger partial charge in [-0.2, -0.15) is 19.6 Å². The van der Waals surface area contributed by atoms with Crippen molar-refractivity contribution in [1.29, 1.82) is 0 Å². The van der Waals surface area contributed by atoms with Gasteiger partial charge < -0.3 is 10.2 Å². The minimum Gasteiger partial charge on any atom is -0.366 e. The lowest BCUT2D eigenvalue weighted by Crippen LogP contribution is -2.25. The lowest BCUT2D eigenvalue weighted by Gasteiger charge is -2.17. The Morgan fingerprint density at radius 2 is 2.33 bits per heavy atom. The summed E-state index contributed by atoms with van der Waals surface area (Å²) in [5, 5.41) is 8.17. The summed E-state index contributed by atoms with van der Waals surface area (Å²) in [5.74, 6) is 1.42. The molecule has 1 saturated heterocycles. The van der Waals surface area contributed by atoms with E-state index in [1.165, 1.54) is 6.33 Å². The van der Waals surface area contributed by atoms with Crippen LogP contribution in [0.5, 0.6) is 0 Å². The van der Waals surface area contributed by atoms with Gasteiger partial charge in [-0.25, -0.2) is 0 Å². The van der Waals surface area contributed by atoms with Gasteiger partial charge in [0.05, 0.1) is 0 Å². The highest BCUT2D eigenvalue weighted by atomic mass is 35.5. The number of fused-ring (bicyclic) bond motifs is 1. The van der Waals surface area contributed by atoms with E-state index in [0.29, 0.717) is 17.0 Å². The quantitative estimate of drug-likeness (QED) is 0.828. The van der Waals surface area contributed by atoms with Gasteiger partial charge in [0.2, 0.25) is 0 Å². The van der Waals surface area contributed by atoms with E-state index < -0.39 is 0 Å². The first-order chi connectivity index (χ1) is 8.65. The second-order valence-corrected chi connectivity index (χ2v) is 5.10. The van der Waals surface area contributed by atoms with Crippen LogP contribution in [0.4, 0.5) is 5.82 Å². The molecule has 0 saturated carbocycles. The van der Waals surface area contributed by atoms with Crippen LogP contribution in [0, 0.1) is 6.92 Å². The van der Waals surface area contributed by atoms with Crippen LogP contribution in [0.25, 0.3) is 5.78 Å². The maximum atomic E-state index is 6.12. The Morgan fingerprint density at radius 3 is 3.06 bits per heavy atom. The molecule has 0 amide bonds. The van der Waals surface area contributed by atoms with Crippen LogP contribution < -0.4 is 5.32 Å². The van der Waals surface area contributed by atoms with Crippen molar-refractivity contribution in [2.24, 2.45) is 0 Å². The molecule has 1 aliphatic heterocycles. The number of rotatable bonds is 2. The Labute approximate surface area is 110 Å². The highest BCUT2D eigenvalue weighted by Crippen LogP contribution is 2.24. The van der Waals surface area contributed by atoms with Crippen LogP contribution in [0.2, 0.25) is 5.15 Å². The van der Waals surface area contributed by atoms with Crippen LogP contribution in [-0.4, -0.2) is 50.7 Å². The Hall–Kier alpha value is -1.40. The van der Waals surface area contributed by atoms with Crippen molar-refractivity contribution in [3.8, 4) is 0 Å². The Morgan fingerprint density at radius 1 is 1.50 bits per heavy atom. The second-order valence-electron chi connectivity index (χ2n) is 4.74. The fourth-order valence-electron chi connectivity index (χ4n) is 2.31. The zero-order valence-electron chi connectivity index (χ0n) is 10.4. The predicted molar refractivity (Wildman–Crippen MR) is 70.1 cm³/mol. The number of nitrogens with zero attached hydrogens (tertiary/aromatic N) is 5. The van der Waals surface area contributed by atoms with E-state index in [2.05, 4.69) is 32.3 Å². The number of likely N-dealkylation sites (N-methyl/N-ethyl adjacent to an activating group) is 1. The summed E-state index contributed by atoms with van der Waals surface area (Å²) in [5.41, 5.74) is 0.907. The third-order valence-electron chi connectivity index (χ3n) is 3.34. The molecule has 0 spiro atoms. The molecule has 7 heteroatoms. The zero-order valence-corrected chi connectivity index (χ0v) is 11.1. The molecule has 2 aromatic rings. The monoisotopic (exact) mass is 266 g/mol. The van der Waals surface area contributed by atoms with Crippen molar-refractivity contribution in [3.05, 3.63) is 17.0 Å². The largest absolute Gasteiger partial charge is 0.366 e. The molecular weight excluding hydrogens is 252 g/mol. The summed E-state index contributed by atoms with van der Waals surface area (Å²) in [6.45, 7) is 4.07. The van der Waals surface area contributed by atoms with Crippen LogP contribution in [0.1, 0.15) is 12.0 Å². The highest BCUT2D eigenvalue weighted by molar-refractivity contribution is 6.30. The van der Waals surface area contributed by atoms with Gasteiger partial charge in [-0.15, -0.1) is 0 Å². The molecule has 18 heavy (non-hydrogen) atoms. The maximum Gasteiger partial charge on any atom is 0.255 e. The molecule has 0 radical (unpaired) electrons. The minimum atomic E-state index is 0.416. The Bertz CT molecular complexity index is 580. The summed E-state index contributed by atoms with van der Waals surface area (Å²) in [4.78, 5) is 10.6. The molecule has 0 aromatic carbocycles. The molecular formula is C11H15ClN6. The Balaban J connectivity index is 1.99. The second kappa shape index (κ2) is 4.37. The molecule has 1 atom stereocenters. The van der Waals surface area contributed by atoms with E-state index in [0.717, 1.165) is 30.9 Å². The molecule has 3 heterocycles. The molecule has 0 aliphatic carbocycles. The lowest BCUT2D eigenvalue weighted by molar-refractivity contribution is 0.414. The van der Waals surface area contributed by atoms with Crippen LogP contribution in [0.3, 0.4) is 0 Å².